The molecule has 2 N–H and O–H groups in total. The molecule has 0 radical (unpaired) electrons. The Balaban J connectivity index is 1.49. The first kappa shape index (κ1) is 19.7. The number of nitrogen functional groups attached to an aromatic ring is 1. The van der Waals surface area contributed by atoms with Gasteiger partial charge in [0.15, 0.2) is 11.6 Å². The molecule has 31 heavy (non-hydrogen) atoms. The zero-order chi connectivity index (χ0) is 21.7. The smallest absolute Gasteiger partial charge is 0.257 e. The maximum absolute atomic E-state index is 12.6. The van der Waals surface area contributed by atoms with Crippen molar-refractivity contribution in [1.82, 2.24) is 29.5 Å². The molecule has 1 fully saturated rings. The van der Waals surface area contributed by atoms with Crippen molar-refractivity contribution in [3.8, 4) is 17.1 Å². The molecule has 1 amide bonds. The molecule has 8 nitrogen and oxygen atoms in total. The van der Waals surface area contributed by atoms with Crippen molar-refractivity contribution in [2.75, 3.05) is 26.4 Å². The van der Waals surface area contributed by atoms with Crippen LogP contribution in [0.2, 0.25) is 0 Å². The van der Waals surface area contributed by atoms with Crippen molar-refractivity contribution in [2.45, 2.75) is 38.8 Å². The normalized spacial score (nSPS) is 16.2. The zero-order valence-electron chi connectivity index (χ0n) is 18.2. The number of nitrogens with zero attached hydrogens (tertiary/aromatic N) is 6. The van der Waals surface area contributed by atoms with Crippen LogP contribution in [-0.2, 0) is 13.0 Å². The molecular formula is C23H27N7O. The number of likely N-dealkylation sites (N-methyl/N-ethyl adjacent to an activating group) is 1. The SMILES string of the molecule is Cc1cc(-c2cnc(N)c(-n3cc(C(=O)N(C)C4CC4)cn3)n2)cc2c1CCN(C)C2. The van der Waals surface area contributed by atoms with Crippen molar-refractivity contribution in [3.63, 3.8) is 0 Å². The van der Waals surface area contributed by atoms with Crippen LogP contribution in [0.3, 0.4) is 0 Å². The molecule has 0 atom stereocenters. The minimum absolute atomic E-state index is 0.0362. The Labute approximate surface area is 181 Å². The number of hydrogen-bond acceptors (Lipinski definition) is 6. The Morgan fingerprint density at radius 1 is 1.26 bits per heavy atom. The molecule has 1 aliphatic heterocycles. The highest BCUT2D eigenvalue weighted by atomic mass is 16.2. The van der Waals surface area contributed by atoms with Crippen molar-refractivity contribution in [2.24, 2.45) is 0 Å². The third-order valence-corrected chi connectivity index (χ3v) is 6.29. The van der Waals surface area contributed by atoms with Gasteiger partial charge >= 0.3 is 0 Å². The lowest BCUT2D eigenvalue weighted by Gasteiger charge is -2.27. The molecule has 0 bridgehead atoms. The molecule has 1 saturated carbocycles. The van der Waals surface area contributed by atoms with Crippen molar-refractivity contribution in [3.05, 3.63) is 53.0 Å². The van der Waals surface area contributed by atoms with Gasteiger partial charge in [-0.25, -0.2) is 14.6 Å². The van der Waals surface area contributed by atoms with Crippen LogP contribution in [-0.4, -0.2) is 62.1 Å². The van der Waals surface area contributed by atoms with E-state index in [1.165, 1.54) is 16.7 Å². The van der Waals surface area contributed by atoms with Crippen LogP contribution < -0.4 is 5.73 Å². The number of anilines is 1. The second-order valence-electron chi connectivity index (χ2n) is 8.70. The van der Waals surface area contributed by atoms with Gasteiger partial charge in [-0.15, -0.1) is 0 Å². The number of aryl methyl sites for hydroxylation is 1. The van der Waals surface area contributed by atoms with Crippen LogP contribution in [0.25, 0.3) is 17.1 Å². The fourth-order valence-corrected chi connectivity index (χ4v) is 4.29. The molecule has 1 aliphatic carbocycles. The van der Waals surface area contributed by atoms with E-state index in [0.29, 0.717) is 17.4 Å². The summed E-state index contributed by atoms with van der Waals surface area (Å²) < 4.78 is 1.54. The predicted molar refractivity (Wildman–Crippen MR) is 119 cm³/mol. The molecule has 3 aromatic rings. The summed E-state index contributed by atoms with van der Waals surface area (Å²) in [5.74, 6) is 0.666. The summed E-state index contributed by atoms with van der Waals surface area (Å²) in [5.41, 5.74) is 12.4. The number of carbonyl (C=O) groups excluding carboxylic acids is 1. The van der Waals surface area contributed by atoms with E-state index in [2.05, 4.69) is 41.1 Å². The fraction of sp³-hybridized carbons (Fsp3) is 0.391. The Morgan fingerprint density at radius 3 is 2.84 bits per heavy atom. The molecule has 2 aliphatic rings. The van der Waals surface area contributed by atoms with Crippen LogP contribution in [0.15, 0.2) is 30.7 Å². The number of nitrogens with two attached hydrogens (primary N) is 1. The van der Waals surface area contributed by atoms with Gasteiger partial charge in [-0.05, 0) is 62.1 Å². The Bertz CT molecular complexity index is 1160. The highest BCUT2D eigenvalue weighted by Gasteiger charge is 2.30. The summed E-state index contributed by atoms with van der Waals surface area (Å²) in [5, 5.41) is 4.34. The summed E-state index contributed by atoms with van der Waals surface area (Å²) in [6, 6.07) is 4.71. The molecule has 1 aromatic carbocycles. The molecule has 3 heterocycles. The van der Waals surface area contributed by atoms with E-state index in [4.69, 9.17) is 10.7 Å². The van der Waals surface area contributed by atoms with Crippen LogP contribution in [0.1, 0.15) is 39.9 Å². The lowest BCUT2D eigenvalue weighted by atomic mass is 9.92. The van der Waals surface area contributed by atoms with Crippen LogP contribution >= 0.6 is 0 Å². The van der Waals surface area contributed by atoms with Crippen LogP contribution in [0, 0.1) is 6.92 Å². The van der Waals surface area contributed by atoms with E-state index in [0.717, 1.165) is 43.6 Å². The Morgan fingerprint density at radius 2 is 2.06 bits per heavy atom. The number of amides is 1. The van der Waals surface area contributed by atoms with Gasteiger partial charge in [-0.1, -0.05) is 0 Å². The molecule has 0 saturated heterocycles. The minimum atomic E-state index is -0.0362. The van der Waals surface area contributed by atoms with Crippen LogP contribution in [0.5, 0.6) is 0 Å². The molecule has 0 unspecified atom stereocenters. The third kappa shape index (κ3) is 3.67. The average molecular weight is 418 g/mol. The summed E-state index contributed by atoms with van der Waals surface area (Å²) in [6.45, 7) is 4.16. The van der Waals surface area contributed by atoms with Gasteiger partial charge in [-0.3, -0.25) is 4.79 Å². The number of aromatic nitrogens is 4. The monoisotopic (exact) mass is 417 g/mol. The van der Waals surface area contributed by atoms with Gasteiger partial charge in [-0.2, -0.15) is 5.10 Å². The van der Waals surface area contributed by atoms with Gasteiger partial charge in [0, 0.05) is 37.9 Å². The fourth-order valence-electron chi connectivity index (χ4n) is 4.29. The summed E-state index contributed by atoms with van der Waals surface area (Å²) in [7, 11) is 3.98. The lowest BCUT2D eigenvalue weighted by molar-refractivity contribution is 0.0785. The Hall–Kier alpha value is -3.26. The topological polar surface area (TPSA) is 93.2 Å². The van der Waals surface area contributed by atoms with Gasteiger partial charge in [0.2, 0.25) is 0 Å². The minimum Gasteiger partial charge on any atom is -0.381 e. The zero-order valence-corrected chi connectivity index (χ0v) is 18.2. The van der Waals surface area contributed by atoms with Crippen molar-refractivity contribution in [1.29, 1.82) is 0 Å². The number of fused-ring (bicyclic) bond motifs is 1. The quantitative estimate of drug-likeness (QED) is 0.701. The van der Waals surface area contributed by atoms with E-state index >= 15 is 0 Å². The van der Waals surface area contributed by atoms with E-state index in [9.17, 15) is 4.79 Å². The third-order valence-electron chi connectivity index (χ3n) is 6.29. The van der Waals surface area contributed by atoms with Gasteiger partial charge in [0.1, 0.15) is 0 Å². The Kier molecular flexibility index (Phi) is 4.74. The van der Waals surface area contributed by atoms with E-state index in [1.807, 2.05) is 7.05 Å². The second kappa shape index (κ2) is 7.46. The summed E-state index contributed by atoms with van der Waals surface area (Å²) in [6.07, 6.45) is 8.13. The van der Waals surface area contributed by atoms with Crippen molar-refractivity contribution < 1.29 is 4.79 Å². The molecule has 160 valence electrons. The molecule has 2 aromatic heterocycles. The highest BCUT2D eigenvalue weighted by Crippen LogP contribution is 2.29. The van der Waals surface area contributed by atoms with Gasteiger partial charge < -0.3 is 15.5 Å². The van der Waals surface area contributed by atoms with Crippen molar-refractivity contribution >= 4 is 11.7 Å². The molecule has 0 spiro atoms. The number of benzene rings is 1. The van der Waals surface area contributed by atoms with E-state index < -0.39 is 0 Å². The largest absolute Gasteiger partial charge is 0.381 e. The maximum atomic E-state index is 12.6. The van der Waals surface area contributed by atoms with E-state index in [1.54, 1.807) is 28.2 Å². The van der Waals surface area contributed by atoms with E-state index in [-0.39, 0.29) is 11.7 Å². The number of rotatable bonds is 4. The summed E-state index contributed by atoms with van der Waals surface area (Å²) in [4.78, 5) is 25.9. The standard InChI is InChI=1S/C23H27N7O/c1-14-8-15(9-16-12-28(2)7-6-19(14)16)20-11-25-21(24)22(27-20)30-13-17(10-26-30)23(31)29(3)18-4-5-18/h8-11,13,18H,4-7,12H2,1-3H3,(H2,24,25). The highest BCUT2D eigenvalue weighted by molar-refractivity contribution is 5.94. The molecule has 5 rings (SSSR count). The molecular weight excluding hydrogens is 390 g/mol. The average Bonchev–Trinajstić information content (AvgIpc) is 3.49. The molecule has 8 heteroatoms. The maximum Gasteiger partial charge on any atom is 0.257 e. The number of hydrogen-bond donors (Lipinski definition) is 1. The summed E-state index contributed by atoms with van der Waals surface area (Å²) >= 11 is 0. The first-order chi connectivity index (χ1) is 14.9. The lowest BCUT2D eigenvalue weighted by Crippen LogP contribution is -2.28. The number of carbonyl (C=O) groups is 1. The predicted octanol–water partition coefficient (Wildman–Crippen LogP) is 2.44. The van der Waals surface area contributed by atoms with Gasteiger partial charge in [0.25, 0.3) is 5.91 Å². The first-order valence-corrected chi connectivity index (χ1v) is 10.7. The van der Waals surface area contributed by atoms with Crippen LogP contribution in [0.4, 0.5) is 5.82 Å². The second-order valence-corrected chi connectivity index (χ2v) is 8.70. The van der Waals surface area contributed by atoms with Gasteiger partial charge in [0.05, 0.1) is 23.7 Å². The first-order valence-electron chi connectivity index (χ1n) is 10.7.